The van der Waals surface area contributed by atoms with Crippen molar-refractivity contribution in [1.82, 2.24) is 15.3 Å². The summed E-state index contributed by atoms with van der Waals surface area (Å²) in [5, 5.41) is 12.1. The number of rotatable bonds is 3. The van der Waals surface area contributed by atoms with Crippen molar-refractivity contribution in [3.8, 4) is 0 Å². The SMILES string of the molecule is Cc1oc2nc[nH]c(=O)c2c1C(=O)NC1(CO)CC1. The number of hydrogen-bond acceptors (Lipinski definition) is 5. The summed E-state index contributed by atoms with van der Waals surface area (Å²) in [7, 11) is 0. The van der Waals surface area contributed by atoms with Crippen LogP contribution in [0, 0.1) is 6.92 Å². The van der Waals surface area contributed by atoms with Gasteiger partial charge in [0.25, 0.3) is 11.5 Å². The third kappa shape index (κ3) is 1.82. The second-order valence-electron chi connectivity index (χ2n) is 4.84. The van der Waals surface area contributed by atoms with Crippen molar-refractivity contribution in [1.29, 1.82) is 0 Å². The normalized spacial score (nSPS) is 16.5. The molecule has 3 N–H and O–H groups in total. The lowest BCUT2D eigenvalue weighted by molar-refractivity contribution is 0.0906. The molecule has 2 heterocycles. The van der Waals surface area contributed by atoms with Crippen molar-refractivity contribution in [2.24, 2.45) is 0 Å². The number of aliphatic hydroxyl groups is 1. The fourth-order valence-electron chi connectivity index (χ4n) is 2.10. The highest BCUT2D eigenvalue weighted by molar-refractivity contribution is 6.06. The first-order valence-electron chi connectivity index (χ1n) is 5.96. The molecule has 0 unspecified atom stereocenters. The molecule has 1 amide bonds. The smallest absolute Gasteiger partial charge is 0.262 e. The van der Waals surface area contributed by atoms with E-state index in [9.17, 15) is 14.7 Å². The molecule has 19 heavy (non-hydrogen) atoms. The van der Waals surface area contributed by atoms with Crippen molar-refractivity contribution in [2.75, 3.05) is 6.61 Å². The average molecular weight is 263 g/mol. The Bertz CT molecular complexity index is 711. The van der Waals surface area contributed by atoms with Crippen molar-refractivity contribution < 1.29 is 14.3 Å². The number of aromatic nitrogens is 2. The Morgan fingerprint density at radius 2 is 2.37 bits per heavy atom. The van der Waals surface area contributed by atoms with Gasteiger partial charge in [-0.05, 0) is 19.8 Å². The minimum Gasteiger partial charge on any atom is -0.442 e. The zero-order valence-electron chi connectivity index (χ0n) is 10.3. The number of nitrogens with one attached hydrogen (secondary N) is 2. The third-order valence-corrected chi connectivity index (χ3v) is 3.43. The number of aromatic amines is 1. The summed E-state index contributed by atoms with van der Waals surface area (Å²) in [6, 6.07) is 0. The summed E-state index contributed by atoms with van der Waals surface area (Å²) < 4.78 is 5.32. The van der Waals surface area contributed by atoms with Crippen LogP contribution in [0.15, 0.2) is 15.5 Å². The molecular weight excluding hydrogens is 250 g/mol. The van der Waals surface area contributed by atoms with Crippen LogP contribution >= 0.6 is 0 Å². The van der Waals surface area contributed by atoms with Crippen LogP contribution in [-0.4, -0.2) is 33.1 Å². The lowest BCUT2D eigenvalue weighted by Crippen LogP contribution is -2.40. The maximum Gasteiger partial charge on any atom is 0.262 e. The second-order valence-corrected chi connectivity index (χ2v) is 4.84. The monoisotopic (exact) mass is 263 g/mol. The Labute approximate surface area is 107 Å². The molecule has 3 rings (SSSR count). The molecule has 1 fully saturated rings. The van der Waals surface area contributed by atoms with Crippen LogP contribution in [0.4, 0.5) is 0 Å². The van der Waals surface area contributed by atoms with E-state index in [-0.39, 0.29) is 23.3 Å². The minimum atomic E-state index is -0.540. The van der Waals surface area contributed by atoms with Crippen LogP contribution in [0.3, 0.4) is 0 Å². The van der Waals surface area contributed by atoms with Gasteiger partial charge in [-0.1, -0.05) is 0 Å². The van der Waals surface area contributed by atoms with E-state index in [1.165, 1.54) is 6.33 Å². The van der Waals surface area contributed by atoms with E-state index in [0.29, 0.717) is 5.76 Å². The first kappa shape index (κ1) is 11.9. The van der Waals surface area contributed by atoms with E-state index in [2.05, 4.69) is 15.3 Å². The topological polar surface area (TPSA) is 108 Å². The Morgan fingerprint density at radius 3 is 3.00 bits per heavy atom. The highest BCUT2D eigenvalue weighted by Gasteiger charge is 2.44. The van der Waals surface area contributed by atoms with Gasteiger partial charge in [0, 0.05) is 0 Å². The summed E-state index contributed by atoms with van der Waals surface area (Å²) in [5.41, 5.74) is -0.632. The van der Waals surface area contributed by atoms with E-state index in [4.69, 9.17) is 4.42 Å². The van der Waals surface area contributed by atoms with Crippen molar-refractivity contribution in [3.63, 3.8) is 0 Å². The number of hydrogen-bond donors (Lipinski definition) is 3. The van der Waals surface area contributed by atoms with E-state index in [1.807, 2.05) is 0 Å². The molecule has 0 aromatic carbocycles. The van der Waals surface area contributed by atoms with Gasteiger partial charge < -0.3 is 19.8 Å². The Hall–Kier alpha value is -2.15. The molecule has 2 aromatic heterocycles. The van der Waals surface area contributed by atoms with Crippen LogP contribution in [-0.2, 0) is 0 Å². The van der Waals surface area contributed by atoms with Gasteiger partial charge in [0.1, 0.15) is 11.1 Å². The predicted molar refractivity (Wildman–Crippen MR) is 65.9 cm³/mol. The van der Waals surface area contributed by atoms with Gasteiger partial charge in [-0.25, -0.2) is 4.98 Å². The maximum atomic E-state index is 12.2. The van der Waals surface area contributed by atoms with Gasteiger partial charge in [-0.15, -0.1) is 0 Å². The fraction of sp³-hybridized carbons (Fsp3) is 0.417. The van der Waals surface area contributed by atoms with Gasteiger partial charge in [0.05, 0.1) is 24.0 Å². The van der Waals surface area contributed by atoms with Crippen molar-refractivity contribution in [2.45, 2.75) is 25.3 Å². The summed E-state index contributed by atoms with van der Waals surface area (Å²) in [6.45, 7) is 1.50. The predicted octanol–water partition coefficient (Wildman–Crippen LogP) is 0.0792. The second kappa shape index (κ2) is 3.92. The largest absolute Gasteiger partial charge is 0.442 e. The van der Waals surface area contributed by atoms with Crippen LogP contribution in [0.25, 0.3) is 11.1 Å². The molecule has 7 heteroatoms. The zero-order valence-corrected chi connectivity index (χ0v) is 10.3. The third-order valence-electron chi connectivity index (χ3n) is 3.43. The van der Waals surface area contributed by atoms with Crippen LogP contribution in [0.1, 0.15) is 29.0 Å². The van der Waals surface area contributed by atoms with Crippen molar-refractivity contribution >= 4 is 17.0 Å². The van der Waals surface area contributed by atoms with Gasteiger partial charge in [-0.2, -0.15) is 0 Å². The quantitative estimate of drug-likeness (QED) is 0.726. The fourth-order valence-corrected chi connectivity index (χ4v) is 2.10. The Kier molecular flexibility index (Phi) is 2.46. The number of nitrogens with zero attached hydrogens (tertiary/aromatic N) is 1. The van der Waals surface area contributed by atoms with E-state index in [0.717, 1.165) is 12.8 Å². The lowest BCUT2D eigenvalue weighted by atomic mass is 10.1. The summed E-state index contributed by atoms with van der Waals surface area (Å²) in [4.78, 5) is 30.3. The molecule has 100 valence electrons. The summed E-state index contributed by atoms with van der Waals surface area (Å²) >= 11 is 0. The van der Waals surface area contributed by atoms with Crippen LogP contribution in [0.5, 0.6) is 0 Å². The van der Waals surface area contributed by atoms with E-state index < -0.39 is 17.0 Å². The summed E-state index contributed by atoms with van der Waals surface area (Å²) in [6.07, 6.45) is 2.70. The molecule has 0 aliphatic heterocycles. The number of carbonyl (C=O) groups excluding carboxylic acids is 1. The van der Waals surface area contributed by atoms with Gasteiger partial charge >= 0.3 is 0 Å². The standard InChI is InChI=1S/C12H13N3O4/c1-6-7(10(18)15-12(4-16)2-3-12)8-9(17)13-5-14-11(8)19-6/h5,16H,2-4H2,1H3,(H,15,18)(H,13,14,17). The molecule has 0 bridgehead atoms. The Morgan fingerprint density at radius 1 is 1.63 bits per heavy atom. The number of amides is 1. The molecule has 1 aliphatic carbocycles. The minimum absolute atomic E-state index is 0.109. The van der Waals surface area contributed by atoms with Crippen molar-refractivity contribution in [3.05, 3.63) is 28.0 Å². The first-order chi connectivity index (χ1) is 9.06. The Balaban J connectivity index is 2.07. The van der Waals surface area contributed by atoms with Crippen LogP contribution < -0.4 is 10.9 Å². The zero-order chi connectivity index (χ0) is 13.6. The maximum absolute atomic E-state index is 12.2. The molecule has 1 saturated carbocycles. The molecule has 1 aliphatic rings. The average Bonchev–Trinajstić information content (AvgIpc) is 3.05. The molecule has 2 aromatic rings. The molecule has 0 saturated heterocycles. The highest BCUT2D eigenvalue weighted by Crippen LogP contribution is 2.35. The van der Waals surface area contributed by atoms with Gasteiger partial charge in [0.2, 0.25) is 5.71 Å². The van der Waals surface area contributed by atoms with E-state index >= 15 is 0 Å². The van der Waals surface area contributed by atoms with Crippen LogP contribution in [0.2, 0.25) is 0 Å². The molecule has 0 atom stereocenters. The van der Waals surface area contributed by atoms with E-state index in [1.54, 1.807) is 6.92 Å². The number of aliphatic hydroxyl groups excluding tert-OH is 1. The number of H-pyrrole nitrogens is 1. The number of carbonyl (C=O) groups is 1. The first-order valence-corrected chi connectivity index (χ1v) is 5.96. The number of fused-ring (bicyclic) bond motifs is 1. The van der Waals surface area contributed by atoms with Gasteiger partial charge in [0.15, 0.2) is 0 Å². The molecular formula is C12H13N3O4. The molecule has 7 nitrogen and oxygen atoms in total. The summed E-state index contributed by atoms with van der Waals surface area (Å²) in [5.74, 6) is -0.0771. The number of aryl methyl sites for hydroxylation is 1. The molecule has 0 radical (unpaired) electrons. The highest BCUT2D eigenvalue weighted by atomic mass is 16.3. The molecule has 0 spiro atoms. The lowest BCUT2D eigenvalue weighted by Gasteiger charge is -2.13. The van der Waals surface area contributed by atoms with Gasteiger partial charge in [-0.3, -0.25) is 9.59 Å². The number of furan rings is 1.